The molecule has 5 aliphatic carbocycles. The molecule has 5 fully saturated rings. The summed E-state index contributed by atoms with van der Waals surface area (Å²) in [4.78, 5) is 0. The Kier molecular flexibility index (Phi) is 1.65. The first-order chi connectivity index (χ1) is 7.84. The zero-order chi connectivity index (χ0) is 10.4. The molecular weight excluding hydrogens is 212 g/mol. The molecule has 1 heteroatoms. The second-order valence-corrected chi connectivity index (χ2v) is 8.04. The van der Waals surface area contributed by atoms with Crippen molar-refractivity contribution in [1.29, 1.82) is 0 Å². The Morgan fingerprint density at radius 2 is 1.44 bits per heavy atom. The lowest BCUT2D eigenvalue weighted by Crippen LogP contribution is -2.28. The molecule has 88 valence electrons. The summed E-state index contributed by atoms with van der Waals surface area (Å²) in [6.07, 6.45) is 9.46. The SMILES string of the molecule is SC1C2CCC1C1C2CC2C3CCC(C3)C21. The van der Waals surface area contributed by atoms with Crippen LogP contribution in [0.2, 0.25) is 0 Å². The van der Waals surface area contributed by atoms with E-state index in [4.69, 9.17) is 12.6 Å². The average Bonchev–Trinajstić information content (AvgIpc) is 2.99. The Morgan fingerprint density at radius 3 is 2.38 bits per heavy atom. The van der Waals surface area contributed by atoms with Crippen LogP contribution >= 0.6 is 12.6 Å². The Labute approximate surface area is 104 Å². The minimum absolute atomic E-state index is 0.801. The predicted molar refractivity (Wildman–Crippen MR) is 68.4 cm³/mol. The molecule has 0 saturated heterocycles. The molecular formula is C15H22S. The third kappa shape index (κ3) is 0.866. The lowest BCUT2D eigenvalue weighted by Gasteiger charge is -2.33. The van der Waals surface area contributed by atoms with Crippen molar-refractivity contribution in [1.82, 2.24) is 0 Å². The molecule has 0 heterocycles. The first-order valence-electron chi connectivity index (χ1n) is 7.52. The van der Waals surface area contributed by atoms with E-state index in [0.29, 0.717) is 0 Å². The van der Waals surface area contributed by atoms with Crippen molar-refractivity contribution in [2.24, 2.45) is 47.3 Å². The van der Waals surface area contributed by atoms with Crippen molar-refractivity contribution >= 4 is 12.6 Å². The average molecular weight is 234 g/mol. The van der Waals surface area contributed by atoms with Gasteiger partial charge in [-0.3, -0.25) is 0 Å². The topological polar surface area (TPSA) is 0 Å². The molecule has 0 aromatic heterocycles. The number of hydrogen-bond donors (Lipinski definition) is 1. The molecule has 16 heavy (non-hydrogen) atoms. The van der Waals surface area contributed by atoms with Crippen LogP contribution in [0.25, 0.3) is 0 Å². The van der Waals surface area contributed by atoms with E-state index in [1.165, 1.54) is 30.6 Å². The highest BCUT2D eigenvalue weighted by Crippen LogP contribution is 2.71. The van der Waals surface area contributed by atoms with Gasteiger partial charge in [-0.05, 0) is 85.9 Å². The molecule has 0 spiro atoms. The number of hydrogen-bond acceptors (Lipinski definition) is 1. The summed E-state index contributed by atoms with van der Waals surface area (Å²) >= 11 is 4.95. The van der Waals surface area contributed by atoms with E-state index in [1.54, 1.807) is 25.7 Å². The highest BCUT2D eigenvalue weighted by Gasteiger charge is 2.65. The summed E-state index contributed by atoms with van der Waals surface area (Å²) in [5.74, 6) is 9.01. The first kappa shape index (κ1) is 9.30. The van der Waals surface area contributed by atoms with E-state index in [9.17, 15) is 0 Å². The molecule has 0 aliphatic heterocycles. The van der Waals surface area contributed by atoms with E-state index < -0.39 is 0 Å². The van der Waals surface area contributed by atoms with Gasteiger partial charge in [-0.15, -0.1) is 0 Å². The fourth-order valence-corrected chi connectivity index (χ4v) is 7.87. The molecule has 0 amide bonds. The highest BCUT2D eigenvalue weighted by atomic mass is 32.1. The van der Waals surface area contributed by atoms with Crippen molar-refractivity contribution in [3.63, 3.8) is 0 Å². The summed E-state index contributed by atoms with van der Waals surface area (Å²) in [5, 5.41) is 0.801. The first-order valence-corrected chi connectivity index (χ1v) is 8.04. The minimum atomic E-state index is 0.801. The second-order valence-electron chi connectivity index (χ2n) is 7.45. The quantitative estimate of drug-likeness (QED) is 0.608. The van der Waals surface area contributed by atoms with Gasteiger partial charge in [0, 0.05) is 5.25 Å². The van der Waals surface area contributed by atoms with Gasteiger partial charge in [-0.1, -0.05) is 0 Å². The molecule has 0 N–H and O–H groups in total. The standard InChI is InChI=1S/C15H22S/c16-15-9-3-4-10(15)14-12(9)6-11-7-1-2-8(5-7)13(11)14/h7-16H,1-6H2. The second kappa shape index (κ2) is 2.84. The van der Waals surface area contributed by atoms with Gasteiger partial charge in [-0.25, -0.2) is 0 Å². The predicted octanol–water partition coefficient (Wildman–Crippen LogP) is 3.62. The Morgan fingerprint density at radius 1 is 0.625 bits per heavy atom. The van der Waals surface area contributed by atoms with Gasteiger partial charge in [0.25, 0.3) is 0 Å². The summed E-state index contributed by atoms with van der Waals surface area (Å²) in [7, 11) is 0. The molecule has 0 nitrogen and oxygen atoms in total. The van der Waals surface area contributed by atoms with Crippen LogP contribution in [-0.4, -0.2) is 5.25 Å². The fourth-order valence-electron chi connectivity index (χ4n) is 7.16. The van der Waals surface area contributed by atoms with Crippen LogP contribution in [0.3, 0.4) is 0 Å². The van der Waals surface area contributed by atoms with Crippen LogP contribution < -0.4 is 0 Å². The third-order valence-corrected chi connectivity index (χ3v) is 8.16. The van der Waals surface area contributed by atoms with E-state index in [-0.39, 0.29) is 0 Å². The maximum Gasteiger partial charge on any atom is 0.00789 e. The monoisotopic (exact) mass is 234 g/mol. The van der Waals surface area contributed by atoms with Crippen LogP contribution in [0.1, 0.15) is 38.5 Å². The van der Waals surface area contributed by atoms with E-state index in [2.05, 4.69) is 0 Å². The van der Waals surface area contributed by atoms with Gasteiger partial charge in [0.1, 0.15) is 0 Å². The lowest BCUT2D eigenvalue weighted by molar-refractivity contribution is 0.154. The molecule has 4 bridgehead atoms. The summed E-state index contributed by atoms with van der Waals surface area (Å²) in [5.41, 5.74) is 0. The summed E-state index contributed by atoms with van der Waals surface area (Å²) in [6.45, 7) is 0. The van der Waals surface area contributed by atoms with Crippen molar-refractivity contribution in [2.45, 2.75) is 43.8 Å². The molecule has 9 unspecified atom stereocenters. The van der Waals surface area contributed by atoms with Crippen molar-refractivity contribution in [3.05, 3.63) is 0 Å². The maximum atomic E-state index is 4.95. The van der Waals surface area contributed by atoms with Crippen molar-refractivity contribution in [2.75, 3.05) is 0 Å². The fraction of sp³-hybridized carbons (Fsp3) is 1.00. The Hall–Kier alpha value is 0.350. The van der Waals surface area contributed by atoms with Crippen LogP contribution in [0.15, 0.2) is 0 Å². The number of rotatable bonds is 0. The van der Waals surface area contributed by atoms with E-state index in [1.807, 2.05) is 0 Å². The molecule has 0 aromatic rings. The van der Waals surface area contributed by atoms with Gasteiger partial charge in [0.2, 0.25) is 0 Å². The van der Waals surface area contributed by atoms with Crippen LogP contribution in [0.4, 0.5) is 0 Å². The summed E-state index contributed by atoms with van der Waals surface area (Å²) < 4.78 is 0. The highest BCUT2D eigenvalue weighted by molar-refractivity contribution is 7.81. The molecule has 0 aromatic carbocycles. The van der Waals surface area contributed by atoms with Crippen LogP contribution in [-0.2, 0) is 0 Å². The number of thiol groups is 1. The molecule has 0 radical (unpaired) electrons. The van der Waals surface area contributed by atoms with Crippen molar-refractivity contribution in [3.8, 4) is 0 Å². The normalized spacial score (nSPS) is 69.9. The molecule has 5 aliphatic rings. The van der Waals surface area contributed by atoms with Gasteiger partial charge < -0.3 is 0 Å². The van der Waals surface area contributed by atoms with Crippen molar-refractivity contribution < 1.29 is 0 Å². The Balaban J connectivity index is 1.56. The molecule has 9 atom stereocenters. The van der Waals surface area contributed by atoms with E-state index >= 15 is 0 Å². The van der Waals surface area contributed by atoms with Crippen LogP contribution in [0.5, 0.6) is 0 Å². The third-order valence-electron chi connectivity index (χ3n) is 7.40. The Bertz CT molecular complexity index is 338. The van der Waals surface area contributed by atoms with Gasteiger partial charge in [0.05, 0.1) is 0 Å². The van der Waals surface area contributed by atoms with Gasteiger partial charge >= 0.3 is 0 Å². The largest absolute Gasteiger partial charge is 0.175 e. The zero-order valence-electron chi connectivity index (χ0n) is 9.89. The molecule has 5 rings (SSSR count). The zero-order valence-corrected chi connectivity index (χ0v) is 10.8. The lowest BCUT2D eigenvalue weighted by atomic mass is 9.72. The van der Waals surface area contributed by atoms with E-state index in [0.717, 1.165) is 34.8 Å². The minimum Gasteiger partial charge on any atom is -0.175 e. The van der Waals surface area contributed by atoms with Crippen LogP contribution in [0, 0.1) is 47.3 Å². The smallest absolute Gasteiger partial charge is 0.00789 e. The number of fused-ring (bicyclic) bond motifs is 11. The van der Waals surface area contributed by atoms with Gasteiger partial charge in [0.15, 0.2) is 0 Å². The van der Waals surface area contributed by atoms with Gasteiger partial charge in [-0.2, -0.15) is 12.6 Å². The summed E-state index contributed by atoms with van der Waals surface area (Å²) in [6, 6.07) is 0. The maximum absolute atomic E-state index is 4.95. The molecule has 5 saturated carbocycles.